The highest BCUT2D eigenvalue weighted by Crippen LogP contribution is 2.22. The summed E-state index contributed by atoms with van der Waals surface area (Å²) in [5.74, 6) is -0.293. The van der Waals surface area contributed by atoms with Crippen molar-refractivity contribution in [2.45, 2.75) is 13.2 Å². The number of hydrogen-bond acceptors (Lipinski definition) is 5. The van der Waals surface area contributed by atoms with E-state index in [4.69, 9.17) is 9.84 Å². The first-order valence-electron chi connectivity index (χ1n) is 8.54. The Balaban J connectivity index is 1.65. The van der Waals surface area contributed by atoms with Gasteiger partial charge in [0.25, 0.3) is 5.69 Å². The van der Waals surface area contributed by atoms with Crippen LogP contribution in [-0.4, -0.2) is 16.0 Å². The molecule has 0 spiro atoms. The van der Waals surface area contributed by atoms with E-state index in [2.05, 4.69) is 5.32 Å². The summed E-state index contributed by atoms with van der Waals surface area (Å²) >= 11 is 0. The molecule has 0 aromatic heterocycles. The summed E-state index contributed by atoms with van der Waals surface area (Å²) in [6.45, 7) is 0.739. The van der Waals surface area contributed by atoms with Gasteiger partial charge in [0.2, 0.25) is 0 Å². The van der Waals surface area contributed by atoms with Crippen LogP contribution in [-0.2, 0) is 13.2 Å². The minimum Gasteiger partial charge on any atom is -0.489 e. The number of non-ortho nitro benzene ring substituents is 1. The summed E-state index contributed by atoms with van der Waals surface area (Å²) in [4.78, 5) is 21.4. The van der Waals surface area contributed by atoms with Crippen LogP contribution in [0.15, 0.2) is 72.8 Å². The van der Waals surface area contributed by atoms with Crippen molar-refractivity contribution in [3.05, 3.63) is 99.6 Å². The molecule has 0 bridgehead atoms. The van der Waals surface area contributed by atoms with Gasteiger partial charge >= 0.3 is 5.97 Å². The number of aromatic carboxylic acids is 1. The van der Waals surface area contributed by atoms with Crippen molar-refractivity contribution < 1.29 is 19.6 Å². The van der Waals surface area contributed by atoms with Gasteiger partial charge in [-0.1, -0.05) is 24.3 Å². The molecular weight excluding hydrogens is 360 g/mol. The largest absolute Gasteiger partial charge is 0.489 e. The first-order chi connectivity index (χ1) is 13.5. The van der Waals surface area contributed by atoms with Gasteiger partial charge in [0.15, 0.2) is 0 Å². The zero-order valence-electron chi connectivity index (χ0n) is 14.9. The third-order valence-corrected chi connectivity index (χ3v) is 4.11. The standard InChI is InChI=1S/C21H18N2O5/c24-21(25)16-5-3-6-18(12-16)22-13-17-4-1-2-7-20(17)28-14-15-8-10-19(11-9-15)23(26)27/h1-12,22H,13-14H2,(H,24,25). The van der Waals surface area contributed by atoms with E-state index in [-0.39, 0.29) is 17.9 Å². The number of hydrogen-bond donors (Lipinski definition) is 2. The maximum atomic E-state index is 11.1. The first kappa shape index (κ1) is 18.9. The minimum absolute atomic E-state index is 0.0388. The molecule has 3 aromatic rings. The van der Waals surface area contributed by atoms with Gasteiger partial charge in [-0.3, -0.25) is 10.1 Å². The second-order valence-electron chi connectivity index (χ2n) is 6.06. The Labute approximate surface area is 161 Å². The fraction of sp³-hybridized carbons (Fsp3) is 0.0952. The van der Waals surface area contributed by atoms with Gasteiger partial charge in [0.05, 0.1) is 10.5 Å². The number of para-hydroxylation sites is 1. The zero-order valence-corrected chi connectivity index (χ0v) is 14.9. The van der Waals surface area contributed by atoms with Crippen LogP contribution in [0.2, 0.25) is 0 Å². The lowest BCUT2D eigenvalue weighted by Crippen LogP contribution is -2.04. The monoisotopic (exact) mass is 378 g/mol. The molecule has 0 unspecified atom stereocenters. The summed E-state index contributed by atoms with van der Waals surface area (Å²) in [7, 11) is 0. The molecule has 0 heterocycles. The molecule has 0 atom stereocenters. The Morgan fingerprint density at radius 3 is 2.50 bits per heavy atom. The van der Waals surface area contributed by atoms with Crippen LogP contribution in [0.4, 0.5) is 11.4 Å². The molecule has 0 fully saturated rings. The van der Waals surface area contributed by atoms with Gasteiger partial charge in [-0.05, 0) is 42.0 Å². The molecule has 3 rings (SSSR count). The summed E-state index contributed by atoms with van der Waals surface area (Å²) < 4.78 is 5.87. The topological polar surface area (TPSA) is 102 Å². The molecule has 0 aliphatic rings. The molecule has 142 valence electrons. The molecule has 3 aromatic carbocycles. The lowest BCUT2D eigenvalue weighted by molar-refractivity contribution is -0.384. The Hall–Kier alpha value is -3.87. The van der Waals surface area contributed by atoms with Crippen LogP contribution in [0.1, 0.15) is 21.5 Å². The van der Waals surface area contributed by atoms with Crippen molar-refractivity contribution in [3.8, 4) is 5.75 Å². The minimum atomic E-state index is -0.976. The summed E-state index contributed by atoms with van der Waals surface area (Å²) in [6.07, 6.45) is 0. The summed E-state index contributed by atoms with van der Waals surface area (Å²) in [5.41, 5.74) is 2.68. The number of nitro benzene ring substituents is 1. The number of ether oxygens (including phenoxy) is 1. The van der Waals surface area contributed by atoms with E-state index in [1.807, 2.05) is 24.3 Å². The van der Waals surface area contributed by atoms with Gasteiger partial charge in [-0.25, -0.2) is 4.79 Å². The van der Waals surface area contributed by atoms with Crippen LogP contribution in [0.5, 0.6) is 5.75 Å². The molecule has 0 radical (unpaired) electrons. The van der Waals surface area contributed by atoms with Crippen molar-refractivity contribution in [3.63, 3.8) is 0 Å². The molecule has 2 N–H and O–H groups in total. The quantitative estimate of drug-likeness (QED) is 0.442. The molecule has 0 saturated heterocycles. The van der Waals surface area contributed by atoms with Crippen molar-refractivity contribution >= 4 is 17.3 Å². The lowest BCUT2D eigenvalue weighted by atomic mass is 10.1. The highest BCUT2D eigenvalue weighted by molar-refractivity contribution is 5.88. The number of carboxylic acids is 1. The molecule has 7 heteroatoms. The van der Waals surface area contributed by atoms with Crippen molar-refractivity contribution in [2.24, 2.45) is 0 Å². The second kappa shape index (κ2) is 8.68. The Bertz CT molecular complexity index is 986. The van der Waals surface area contributed by atoms with Crippen LogP contribution >= 0.6 is 0 Å². The highest BCUT2D eigenvalue weighted by atomic mass is 16.6. The Morgan fingerprint density at radius 2 is 1.79 bits per heavy atom. The van der Waals surface area contributed by atoms with Crippen LogP contribution in [0.25, 0.3) is 0 Å². The number of rotatable bonds is 8. The van der Waals surface area contributed by atoms with E-state index < -0.39 is 10.9 Å². The lowest BCUT2D eigenvalue weighted by Gasteiger charge is -2.13. The number of carboxylic acid groups (broad SMARTS) is 1. The predicted molar refractivity (Wildman–Crippen MR) is 105 cm³/mol. The third kappa shape index (κ3) is 4.85. The number of benzene rings is 3. The fourth-order valence-corrected chi connectivity index (χ4v) is 2.63. The Morgan fingerprint density at radius 1 is 1.04 bits per heavy atom. The van der Waals surface area contributed by atoms with Crippen molar-refractivity contribution in [2.75, 3.05) is 5.32 Å². The molecule has 0 amide bonds. The molecule has 0 saturated carbocycles. The molecule has 0 aliphatic heterocycles. The molecule has 0 aliphatic carbocycles. The Kier molecular flexibility index (Phi) is 5.86. The van der Waals surface area contributed by atoms with Crippen LogP contribution < -0.4 is 10.1 Å². The summed E-state index contributed by atoms with van der Waals surface area (Å²) in [6, 6.07) is 20.3. The van der Waals surface area contributed by atoms with E-state index in [0.29, 0.717) is 18.0 Å². The second-order valence-corrected chi connectivity index (χ2v) is 6.06. The van der Waals surface area contributed by atoms with Crippen molar-refractivity contribution in [1.29, 1.82) is 0 Å². The van der Waals surface area contributed by atoms with Gasteiger partial charge in [-0.2, -0.15) is 0 Å². The number of carbonyl (C=O) groups is 1. The van der Waals surface area contributed by atoms with E-state index >= 15 is 0 Å². The average molecular weight is 378 g/mol. The molecular formula is C21H18N2O5. The van der Waals surface area contributed by atoms with Crippen LogP contribution in [0, 0.1) is 10.1 Å². The average Bonchev–Trinajstić information content (AvgIpc) is 2.71. The van der Waals surface area contributed by atoms with Crippen molar-refractivity contribution in [1.82, 2.24) is 0 Å². The zero-order chi connectivity index (χ0) is 19.9. The third-order valence-electron chi connectivity index (χ3n) is 4.11. The van der Waals surface area contributed by atoms with Gasteiger partial charge < -0.3 is 15.2 Å². The smallest absolute Gasteiger partial charge is 0.335 e. The van der Waals surface area contributed by atoms with Gasteiger partial charge in [0, 0.05) is 29.9 Å². The van der Waals surface area contributed by atoms with E-state index in [1.165, 1.54) is 18.2 Å². The van der Waals surface area contributed by atoms with Gasteiger partial charge in [-0.15, -0.1) is 0 Å². The van der Waals surface area contributed by atoms with E-state index in [1.54, 1.807) is 30.3 Å². The number of nitrogens with one attached hydrogen (secondary N) is 1. The maximum absolute atomic E-state index is 11.1. The molecule has 7 nitrogen and oxygen atoms in total. The van der Waals surface area contributed by atoms with Gasteiger partial charge in [0.1, 0.15) is 12.4 Å². The SMILES string of the molecule is O=C(O)c1cccc(NCc2ccccc2OCc2ccc([N+](=O)[O-])cc2)c1. The van der Waals surface area contributed by atoms with E-state index in [0.717, 1.165) is 11.1 Å². The number of nitro groups is 1. The first-order valence-corrected chi connectivity index (χ1v) is 8.54. The summed E-state index contributed by atoms with van der Waals surface area (Å²) in [5, 5.41) is 23.0. The molecule has 28 heavy (non-hydrogen) atoms. The maximum Gasteiger partial charge on any atom is 0.335 e. The van der Waals surface area contributed by atoms with E-state index in [9.17, 15) is 14.9 Å². The fourth-order valence-electron chi connectivity index (χ4n) is 2.63. The van der Waals surface area contributed by atoms with Crippen LogP contribution in [0.3, 0.4) is 0 Å². The number of nitrogens with zero attached hydrogens (tertiary/aromatic N) is 1. The predicted octanol–water partition coefficient (Wildman–Crippen LogP) is 4.48. The number of anilines is 1. The highest BCUT2D eigenvalue weighted by Gasteiger charge is 2.07. The normalized spacial score (nSPS) is 10.3.